The first-order chi connectivity index (χ1) is 7.60. The number of epoxide rings is 1. The molecule has 1 aliphatic rings. The van der Waals surface area contributed by atoms with E-state index >= 15 is 0 Å². The van der Waals surface area contributed by atoms with Crippen LogP contribution in [-0.2, 0) is 9.53 Å². The summed E-state index contributed by atoms with van der Waals surface area (Å²) in [5, 5.41) is 8.87. The van der Waals surface area contributed by atoms with Crippen LogP contribution in [0.3, 0.4) is 0 Å². The molecule has 1 rings (SSSR count). The Kier molecular flexibility index (Phi) is 4.20. The van der Waals surface area contributed by atoms with E-state index in [2.05, 4.69) is 33.5 Å². The number of hydrogen-bond donors (Lipinski definition) is 1. The predicted molar refractivity (Wildman–Crippen MR) is 72.1 cm³/mol. The van der Waals surface area contributed by atoms with Crippen LogP contribution in [0.15, 0.2) is 11.6 Å². The molecular weight excluding hydrogens is 232 g/mol. The largest absolute Gasteiger partial charge is 0.478 e. The van der Waals surface area contributed by atoms with Crippen LogP contribution >= 0.6 is 0 Å². The molecule has 0 spiro atoms. The fourth-order valence-corrected chi connectivity index (χ4v) is 3.76. The van der Waals surface area contributed by atoms with Crippen LogP contribution in [0, 0.1) is 0 Å². The van der Waals surface area contributed by atoms with Crippen molar-refractivity contribution in [2.75, 3.05) is 0 Å². The van der Waals surface area contributed by atoms with Gasteiger partial charge in [-0.2, -0.15) is 0 Å². The van der Waals surface area contributed by atoms with Crippen molar-refractivity contribution in [1.29, 1.82) is 0 Å². The summed E-state index contributed by atoms with van der Waals surface area (Å²) >= 11 is 0. The SMILES string of the molecule is CC1(C)O[C@@H]1CC/C(=C/C(=O)O)C[Si](C)(C)C. The van der Waals surface area contributed by atoms with Gasteiger partial charge in [-0.3, -0.25) is 0 Å². The first kappa shape index (κ1) is 14.4. The fraction of sp³-hybridized carbons (Fsp3) is 0.769. The Morgan fingerprint density at radius 2 is 1.94 bits per heavy atom. The Morgan fingerprint density at radius 1 is 1.41 bits per heavy atom. The molecule has 1 fully saturated rings. The first-order valence-electron chi connectivity index (χ1n) is 6.20. The number of carbonyl (C=O) groups is 1. The third kappa shape index (κ3) is 5.50. The van der Waals surface area contributed by atoms with E-state index < -0.39 is 14.0 Å². The Bertz CT molecular complexity index is 326. The lowest BCUT2D eigenvalue weighted by molar-refractivity contribution is -0.131. The molecule has 1 aliphatic heterocycles. The van der Waals surface area contributed by atoms with Crippen molar-refractivity contribution < 1.29 is 14.6 Å². The van der Waals surface area contributed by atoms with Crippen molar-refractivity contribution in [2.24, 2.45) is 0 Å². The molecule has 0 aromatic carbocycles. The van der Waals surface area contributed by atoms with Crippen molar-refractivity contribution in [1.82, 2.24) is 0 Å². The zero-order valence-corrected chi connectivity index (χ0v) is 12.5. The third-order valence-corrected chi connectivity index (χ3v) is 4.49. The maximum absolute atomic E-state index is 10.8. The fourth-order valence-electron chi connectivity index (χ4n) is 2.12. The molecule has 0 aromatic rings. The molecule has 4 heteroatoms. The van der Waals surface area contributed by atoms with E-state index in [1.54, 1.807) is 0 Å². The summed E-state index contributed by atoms with van der Waals surface area (Å²) in [6.07, 6.45) is 3.50. The first-order valence-corrected chi connectivity index (χ1v) is 9.91. The van der Waals surface area contributed by atoms with Gasteiger partial charge in [0.1, 0.15) is 0 Å². The average molecular weight is 256 g/mol. The lowest BCUT2D eigenvalue weighted by Crippen LogP contribution is -2.20. The van der Waals surface area contributed by atoms with Gasteiger partial charge in [0.05, 0.1) is 11.7 Å². The Hall–Kier alpha value is -0.613. The van der Waals surface area contributed by atoms with Gasteiger partial charge in [-0.05, 0) is 32.7 Å². The van der Waals surface area contributed by atoms with E-state index in [9.17, 15) is 4.79 Å². The van der Waals surface area contributed by atoms with Crippen LogP contribution in [0.25, 0.3) is 0 Å². The van der Waals surface area contributed by atoms with Crippen LogP contribution in [0.4, 0.5) is 0 Å². The summed E-state index contributed by atoms with van der Waals surface area (Å²) in [4.78, 5) is 10.8. The summed E-state index contributed by atoms with van der Waals surface area (Å²) in [6, 6.07) is 0.965. The monoisotopic (exact) mass is 256 g/mol. The smallest absolute Gasteiger partial charge is 0.328 e. The third-order valence-electron chi connectivity index (χ3n) is 2.98. The molecule has 0 aromatic heterocycles. The number of carboxylic acids is 1. The molecule has 1 atom stereocenters. The molecule has 0 unspecified atom stereocenters. The Balaban J connectivity index is 2.50. The highest BCUT2D eigenvalue weighted by molar-refractivity contribution is 6.76. The van der Waals surface area contributed by atoms with Crippen LogP contribution in [0.1, 0.15) is 26.7 Å². The van der Waals surface area contributed by atoms with Gasteiger partial charge >= 0.3 is 5.97 Å². The maximum Gasteiger partial charge on any atom is 0.328 e. The van der Waals surface area contributed by atoms with Gasteiger partial charge in [-0.15, -0.1) is 0 Å². The molecule has 0 bridgehead atoms. The number of ether oxygens (including phenoxy) is 1. The number of rotatable bonds is 6. The Morgan fingerprint density at radius 3 is 2.29 bits per heavy atom. The zero-order chi connectivity index (χ0) is 13.3. The van der Waals surface area contributed by atoms with Crippen LogP contribution in [0.5, 0.6) is 0 Å². The van der Waals surface area contributed by atoms with Crippen LogP contribution < -0.4 is 0 Å². The summed E-state index contributed by atoms with van der Waals surface area (Å²) in [7, 11) is -1.25. The van der Waals surface area contributed by atoms with E-state index in [1.165, 1.54) is 6.08 Å². The minimum Gasteiger partial charge on any atom is -0.478 e. The van der Waals surface area contributed by atoms with Gasteiger partial charge in [0.25, 0.3) is 0 Å². The standard InChI is InChI=1S/C13H24O3Si/c1-13(2)11(16-13)7-6-10(8-12(14)15)9-17(3,4)5/h8,11H,6-7,9H2,1-5H3,(H,14,15)/b10-8-/t11-/m1/s1. The summed E-state index contributed by atoms with van der Waals surface area (Å²) in [5.41, 5.74) is 1.08. The number of aliphatic carboxylic acids is 1. The molecule has 3 nitrogen and oxygen atoms in total. The van der Waals surface area contributed by atoms with E-state index in [-0.39, 0.29) is 5.60 Å². The molecule has 0 saturated carbocycles. The van der Waals surface area contributed by atoms with Crippen molar-refractivity contribution in [3.63, 3.8) is 0 Å². The van der Waals surface area contributed by atoms with Crippen molar-refractivity contribution in [2.45, 2.75) is 64.1 Å². The van der Waals surface area contributed by atoms with Gasteiger partial charge in [-0.25, -0.2) is 4.79 Å². The van der Waals surface area contributed by atoms with Crippen molar-refractivity contribution in [3.8, 4) is 0 Å². The molecule has 17 heavy (non-hydrogen) atoms. The van der Waals surface area contributed by atoms with E-state index in [0.29, 0.717) is 6.10 Å². The highest BCUT2D eigenvalue weighted by Gasteiger charge is 2.46. The second-order valence-corrected chi connectivity index (χ2v) is 12.1. The Labute approximate surface area is 105 Å². The summed E-state index contributed by atoms with van der Waals surface area (Å²) < 4.78 is 5.53. The highest BCUT2D eigenvalue weighted by atomic mass is 28.3. The van der Waals surface area contributed by atoms with Crippen LogP contribution in [-0.4, -0.2) is 30.9 Å². The summed E-state index contributed by atoms with van der Waals surface area (Å²) in [5.74, 6) is -0.825. The minimum absolute atomic E-state index is 0.00744. The van der Waals surface area contributed by atoms with Gasteiger partial charge in [-0.1, -0.05) is 25.2 Å². The van der Waals surface area contributed by atoms with Gasteiger partial charge < -0.3 is 9.84 Å². The maximum atomic E-state index is 10.8. The molecule has 0 aliphatic carbocycles. The number of hydrogen-bond acceptors (Lipinski definition) is 2. The average Bonchev–Trinajstić information content (AvgIpc) is 2.66. The normalized spacial score (nSPS) is 23.6. The van der Waals surface area contributed by atoms with E-state index in [4.69, 9.17) is 9.84 Å². The molecule has 1 N–H and O–H groups in total. The quantitative estimate of drug-likeness (QED) is 0.451. The van der Waals surface area contributed by atoms with Gasteiger partial charge in [0.2, 0.25) is 0 Å². The lowest BCUT2D eigenvalue weighted by Gasteiger charge is -2.18. The van der Waals surface area contributed by atoms with Crippen molar-refractivity contribution in [3.05, 3.63) is 11.6 Å². The lowest BCUT2D eigenvalue weighted by atomic mass is 10.0. The second kappa shape index (κ2) is 4.94. The molecule has 1 heterocycles. The van der Waals surface area contributed by atoms with E-state index in [1.807, 2.05) is 0 Å². The molecule has 98 valence electrons. The highest BCUT2D eigenvalue weighted by Crippen LogP contribution is 2.39. The van der Waals surface area contributed by atoms with Crippen molar-refractivity contribution >= 4 is 14.0 Å². The second-order valence-electron chi connectivity index (χ2n) is 6.63. The molecule has 1 saturated heterocycles. The minimum atomic E-state index is -1.25. The van der Waals surface area contributed by atoms with Crippen LogP contribution in [0.2, 0.25) is 25.7 Å². The predicted octanol–water partition coefficient (Wildman–Crippen LogP) is 3.29. The molecule has 0 radical (unpaired) electrons. The van der Waals surface area contributed by atoms with Gasteiger partial charge in [0.15, 0.2) is 0 Å². The number of carboxylic acid groups (broad SMARTS) is 1. The van der Waals surface area contributed by atoms with E-state index in [0.717, 1.165) is 24.5 Å². The molecular formula is C13H24O3Si. The summed E-state index contributed by atoms with van der Waals surface area (Å²) in [6.45, 7) is 11.0. The number of allylic oxidation sites excluding steroid dienone is 1. The topological polar surface area (TPSA) is 49.8 Å². The molecule has 0 amide bonds. The zero-order valence-electron chi connectivity index (χ0n) is 11.5. The van der Waals surface area contributed by atoms with Gasteiger partial charge in [0, 0.05) is 14.1 Å².